The Labute approximate surface area is 171 Å². The number of hydrogen-bond acceptors (Lipinski definition) is 6. The molecule has 0 spiro atoms. The van der Waals surface area contributed by atoms with Crippen LogP contribution in [0.5, 0.6) is 0 Å². The predicted octanol–water partition coefficient (Wildman–Crippen LogP) is 1.79. The number of amides is 1. The van der Waals surface area contributed by atoms with Gasteiger partial charge in [0.05, 0.1) is 10.8 Å². The van der Waals surface area contributed by atoms with Crippen molar-refractivity contribution in [1.82, 2.24) is 19.5 Å². The largest absolute Gasteiger partial charge is 0.349 e. The first-order chi connectivity index (χ1) is 13.4. The fourth-order valence-corrected chi connectivity index (χ4v) is 7.19. The molecule has 3 saturated heterocycles. The van der Waals surface area contributed by atoms with E-state index >= 15 is 0 Å². The van der Waals surface area contributed by atoms with Crippen molar-refractivity contribution in [1.29, 1.82) is 0 Å². The summed E-state index contributed by atoms with van der Waals surface area (Å²) in [5.41, 5.74) is 2.12. The van der Waals surface area contributed by atoms with Gasteiger partial charge in [-0.1, -0.05) is 6.42 Å². The smallest absolute Gasteiger partial charge is 0.270 e. The van der Waals surface area contributed by atoms with Crippen LogP contribution in [0.25, 0.3) is 0 Å². The molecule has 1 amide bonds. The molecule has 0 saturated carbocycles. The van der Waals surface area contributed by atoms with Gasteiger partial charge >= 0.3 is 0 Å². The summed E-state index contributed by atoms with van der Waals surface area (Å²) in [5.74, 6) is 0.523. The summed E-state index contributed by atoms with van der Waals surface area (Å²) in [4.78, 5) is 19.1. The number of rotatable bonds is 5. The molecule has 7 nitrogen and oxygen atoms in total. The number of sulfonamides is 1. The standard InChI is InChI=1S/C19H30N4O3S2/c1-13(2)28(25,26)22-9-14-7-15(10-22)18(23-6-4-3-5-17(14)23)8-20-19(24)16-11-27-12-21-16/h11-15,17-18H,3-10H2,1-2H3,(H,20,24)/t14-,15+,17+,18+/m1/s1. The number of nitrogens with one attached hydrogen (secondary N) is 1. The number of hydrogen-bond donors (Lipinski definition) is 1. The van der Waals surface area contributed by atoms with Crippen LogP contribution in [0.15, 0.2) is 10.9 Å². The van der Waals surface area contributed by atoms with Gasteiger partial charge in [-0.05, 0) is 51.5 Å². The van der Waals surface area contributed by atoms with Crippen LogP contribution in [0.1, 0.15) is 50.0 Å². The molecule has 1 aromatic rings. The van der Waals surface area contributed by atoms with Gasteiger partial charge in [0.1, 0.15) is 5.69 Å². The van der Waals surface area contributed by atoms with Gasteiger partial charge in [0.15, 0.2) is 0 Å². The second-order valence-corrected chi connectivity index (χ2v) is 11.8. The topological polar surface area (TPSA) is 82.6 Å². The van der Waals surface area contributed by atoms with E-state index in [0.29, 0.717) is 37.3 Å². The molecule has 3 aliphatic heterocycles. The van der Waals surface area contributed by atoms with Crippen LogP contribution in [0.2, 0.25) is 0 Å². The SMILES string of the molecule is CC(C)S(=O)(=O)N1C[C@H]2C[C@@H](C1)[C@H](CNC(=O)c1cscn1)N1CCCC[C@@H]21. The Bertz CT molecular complexity index is 796. The first kappa shape index (κ1) is 20.3. The van der Waals surface area contributed by atoms with Crippen molar-refractivity contribution in [2.75, 3.05) is 26.2 Å². The van der Waals surface area contributed by atoms with Crippen molar-refractivity contribution in [3.63, 3.8) is 0 Å². The van der Waals surface area contributed by atoms with E-state index in [2.05, 4.69) is 15.2 Å². The van der Waals surface area contributed by atoms with E-state index in [1.165, 1.54) is 24.2 Å². The Morgan fingerprint density at radius 3 is 2.82 bits per heavy atom. The van der Waals surface area contributed by atoms with Crippen LogP contribution in [-0.4, -0.2) is 72.0 Å². The highest BCUT2D eigenvalue weighted by molar-refractivity contribution is 7.89. The minimum absolute atomic E-state index is 0.139. The number of nitrogens with zero attached hydrogens (tertiary/aromatic N) is 3. The van der Waals surface area contributed by atoms with E-state index in [0.717, 1.165) is 19.4 Å². The fraction of sp³-hybridized carbons (Fsp3) is 0.789. The molecule has 0 radical (unpaired) electrons. The highest BCUT2D eigenvalue weighted by Crippen LogP contribution is 2.41. The van der Waals surface area contributed by atoms with E-state index in [1.54, 1.807) is 29.0 Å². The van der Waals surface area contributed by atoms with Crippen LogP contribution < -0.4 is 5.32 Å². The first-order valence-corrected chi connectivity index (χ1v) is 12.7. The second-order valence-electron chi connectivity index (χ2n) is 8.62. The summed E-state index contributed by atoms with van der Waals surface area (Å²) in [7, 11) is -3.25. The third-order valence-corrected chi connectivity index (χ3v) is 9.48. The van der Waals surface area contributed by atoms with Gasteiger partial charge in [0.2, 0.25) is 10.0 Å². The molecule has 0 unspecified atom stereocenters. The van der Waals surface area contributed by atoms with Gasteiger partial charge < -0.3 is 5.32 Å². The average Bonchev–Trinajstić information content (AvgIpc) is 3.22. The summed E-state index contributed by atoms with van der Waals surface area (Å²) < 4.78 is 27.4. The Balaban J connectivity index is 1.53. The highest BCUT2D eigenvalue weighted by atomic mass is 32.2. The van der Waals surface area contributed by atoms with E-state index < -0.39 is 15.3 Å². The zero-order valence-corrected chi connectivity index (χ0v) is 18.2. The summed E-state index contributed by atoms with van der Waals surface area (Å²) >= 11 is 1.41. The number of fused-ring (bicyclic) bond motifs is 4. The third kappa shape index (κ3) is 3.74. The summed E-state index contributed by atoms with van der Waals surface area (Å²) in [6, 6.07) is 0.616. The molecule has 28 heavy (non-hydrogen) atoms. The number of piperidine rings is 3. The zero-order chi connectivity index (χ0) is 19.9. The molecule has 2 bridgehead atoms. The quantitative estimate of drug-likeness (QED) is 0.776. The van der Waals surface area contributed by atoms with Crippen molar-refractivity contribution >= 4 is 27.3 Å². The lowest BCUT2D eigenvalue weighted by atomic mass is 9.73. The molecular formula is C19H30N4O3S2. The number of carbonyl (C=O) groups is 1. The van der Waals surface area contributed by atoms with Crippen molar-refractivity contribution in [3.05, 3.63) is 16.6 Å². The maximum atomic E-state index is 12.8. The molecule has 0 aliphatic carbocycles. The van der Waals surface area contributed by atoms with Crippen LogP contribution in [0.3, 0.4) is 0 Å². The molecule has 1 N–H and O–H groups in total. The third-order valence-electron chi connectivity index (χ3n) is 6.68. The lowest BCUT2D eigenvalue weighted by Crippen LogP contribution is -2.66. The van der Waals surface area contributed by atoms with Gasteiger partial charge in [-0.25, -0.2) is 17.7 Å². The number of thiazole rings is 1. The average molecular weight is 427 g/mol. The summed E-state index contributed by atoms with van der Waals surface area (Å²) in [5, 5.41) is 4.43. The van der Waals surface area contributed by atoms with Crippen molar-refractivity contribution in [2.45, 2.75) is 56.9 Å². The maximum absolute atomic E-state index is 12.8. The molecule has 3 fully saturated rings. The molecule has 4 heterocycles. The van der Waals surface area contributed by atoms with Crippen molar-refractivity contribution in [2.24, 2.45) is 11.8 Å². The monoisotopic (exact) mass is 426 g/mol. The minimum Gasteiger partial charge on any atom is -0.349 e. The number of aromatic nitrogens is 1. The lowest BCUT2D eigenvalue weighted by Gasteiger charge is -2.56. The Kier molecular flexibility index (Phi) is 5.79. The highest BCUT2D eigenvalue weighted by Gasteiger charge is 2.49. The lowest BCUT2D eigenvalue weighted by molar-refractivity contribution is -0.0539. The van der Waals surface area contributed by atoms with Crippen LogP contribution in [-0.2, 0) is 10.0 Å². The maximum Gasteiger partial charge on any atom is 0.270 e. The molecule has 4 atom stereocenters. The Morgan fingerprint density at radius 2 is 2.11 bits per heavy atom. The zero-order valence-electron chi connectivity index (χ0n) is 16.6. The van der Waals surface area contributed by atoms with Crippen LogP contribution >= 0.6 is 11.3 Å². The van der Waals surface area contributed by atoms with Gasteiger partial charge in [0.25, 0.3) is 5.91 Å². The van der Waals surface area contributed by atoms with E-state index in [-0.39, 0.29) is 17.9 Å². The van der Waals surface area contributed by atoms with Crippen molar-refractivity contribution < 1.29 is 13.2 Å². The van der Waals surface area contributed by atoms with E-state index in [4.69, 9.17) is 0 Å². The molecule has 4 rings (SSSR count). The fourth-order valence-electron chi connectivity index (χ4n) is 5.26. The van der Waals surface area contributed by atoms with Gasteiger partial charge in [-0.15, -0.1) is 11.3 Å². The van der Waals surface area contributed by atoms with Gasteiger partial charge in [-0.2, -0.15) is 0 Å². The van der Waals surface area contributed by atoms with Crippen molar-refractivity contribution in [3.8, 4) is 0 Å². The number of carbonyl (C=O) groups excluding carboxylic acids is 1. The molecule has 156 valence electrons. The van der Waals surface area contributed by atoms with Gasteiger partial charge in [-0.3, -0.25) is 9.69 Å². The molecular weight excluding hydrogens is 396 g/mol. The summed E-state index contributed by atoms with van der Waals surface area (Å²) in [6.07, 6.45) is 4.57. The van der Waals surface area contributed by atoms with Crippen LogP contribution in [0.4, 0.5) is 0 Å². The second kappa shape index (κ2) is 8.01. The first-order valence-electron chi connectivity index (χ1n) is 10.3. The van der Waals surface area contributed by atoms with Gasteiger partial charge in [0, 0.05) is 37.1 Å². The predicted molar refractivity (Wildman–Crippen MR) is 110 cm³/mol. The molecule has 9 heteroatoms. The Morgan fingerprint density at radius 1 is 1.32 bits per heavy atom. The minimum atomic E-state index is -3.25. The van der Waals surface area contributed by atoms with E-state index in [9.17, 15) is 13.2 Å². The van der Waals surface area contributed by atoms with E-state index in [1.807, 2.05) is 0 Å². The Hall–Kier alpha value is -1.03. The normalized spacial score (nSPS) is 31.5. The molecule has 1 aromatic heterocycles. The van der Waals surface area contributed by atoms with Crippen LogP contribution in [0, 0.1) is 11.8 Å². The summed E-state index contributed by atoms with van der Waals surface area (Å²) in [6.45, 7) is 6.34. The molecule has 3 aliphatic rings. The molecule has 0 aromatic carbocycles.